The van der Waals surface area contributed by atoms with Gasteiger partial charge >= 0.3 is 0 Å². The minimum atomic E-state index is -0.468. The molecule has 162 valence electrons. The number of β-amino-alcohol motifs (C(OH)–C–C–N with tert-alkyl or cyclic N) is 1. The molecule has 0 radical (unpaired) electrons. The zero-order valence-corrected chi connectivity index (χ0v) is 17.6. The fourth-order valence-electron chi connectivity index (χ4n) is 4.44. The third-order valence-electron chi connectivity index (χ3n) is 5.89. The molecular weight excluding hydrogens is 398 g/mol. The first kappa shape index (κ1) is 19.7. The van der Waals surface area contributed by atoms with Gasteiger partial charge in [-0.25, -0.2) is 9.97 Å². The Morgan fingerprint density at radius 2 is 1.77 bits per heavy atom. The standard InChI is InChI=1S/C23H25N3O5/c1-28-17-5-3-14(4-6-17)15-9-16(27)12-26(11-15)23-18-10-19(29-2)21-22(31-8-7-30-21)20(18)24-13-25-23/h3-6,10,13,15-16,27H,7-9,11-12H2,1-2H3. The van der Waals surface area contributed by atoms with Crippen molar-refractivity contribution < 1.29 is 24.1 Å². The van der Waals surface area contributed by atoms with Gasteiger partial charge in [-0.1, -0.05) is 12.1 Å². The van der Waals surface area contributed by atoms with Crippen molar-refractivity contribution in [3.05, 3.63) is 42.2 Å². The van der Waals surface area contributed by atoms with E-state index in [1.807, 2.05) is 18.2 Å². The monoisotopic (exact) mass is 423 g/mol. The molecule has 2 aliphatic heterocycles. The summed E-state index contributed by atoms with van der Waals surface area (Å²) in [5.74, 6) is 3.46. The number of aromatic nitrogens is 2. The molecular formula is C23H25N3O5. The Balaban J connectivity index is 1.54. The highest BCUT2D eigenvalue weighted by Crippen LogP contribution is 2.46. The van der Waals surface area contributed by atoms with Gasteiger partial charge in [-0.3, -0.25) is 0 Å². The van der Waals surface area contributed by atoms with Crippen molar-refractivity contribution in [3.63, 3.8) is 0 Å². The Labute approximate surface area is 180 Å². The number of aliphatic hydroxyl groups is 1. The average molecular weight is 423 g/mol. The van der Waals surface area contributed by atoms with Crippen molar-refractivity contribution in [2.45, 2.75) is 18.4 Å². The van der Waals surface area contributed by atoms with Crippen LogP contribution in [0.5, 0.6) is 23.0 Å². The topological polar surface area (TPSA) is 86.2 Å². The van der Waals surface area contributed by atoms with Crippen LogP contribution in [0.2, 0.25) is 0 Å². The van der Waals surface area contributed by atoms with Crippen molar-refractivity contribution in [2.75, 3.05) is 45.4 Å². The second kappa shape index (κ2) is 8.11. The molecule has 1 saturated heterocycles. The van der Waals surface area contributed by atoms with E-state index in [-0.39, 0.29) is 5.92 Å². The van der Waals surface area contributed by atoms with Crippen LogP contribution >= 0.6 is 0 Å². The molecule has 0 amide bonds. The van der Waals surface area contributed by atoms with Crippen molar-refractivity contribution in [2.24, 2.45) is 0 Å². The number of methoxy groups -OCH3 is 2. The maximum absolute atomic E-state index is 10.7. The maximum atomic E-state index is 10.7. The molecule has 2 unspecified atom stereocenters. The number of aliphatic hydroxyl groups excluding tert-OH is 1. The molecule has 0 spiro atoms. The highest BCUT2D eigenvalue weighted by molar-refractivity contribution is 5.97. The molecule has 0 saturated carbocycles. The highest BCUT2D eigenvalue weighted by Gasteiger charge is 2.30. The van der Waals surface area contributed by atoms with Crippen molar-refractivity contribution in [1.82, 2.24) is 9.97 Å². The summed E-state index contributed by atoms with van der Waals surface area (Å²) in [7, 11) is 3.26. The van der Waals surface area contributed by atoms with Crippen LogP contribution in [0.3, 0.4) is 0 Å². The van der Waals surface area contributed by atoms with E-state index >= 15 is 0 Å². The smallest absolute Gasteiger partial charge is 0.206 e. The molecule has 8 heteroatoms. The number of piperidine rings is 1. The predicted molar refractivity (Wildman–Crippen MR) is 116 cm³/mol. The minimum Gasteiger partial charge on any atom is -0.497 e. The first-order chi connectivity index (χ1) is 15.2. The number of hydrogen-bond acceptors (Lipinski definition) is 8. The predicted octanol–water partition coefficient (Wildman–Crippen LogP) is 2.77. The number of hydrogen-bond donors (Lipinski definition) is 1. The van der Waals surface area contributed by atoms with Gasteiger partial charge in [0.05, 0.1) is 25.7 Å². The van der Waals surface area contributed by atoms with Gasteiger partial charge in [0.25, 0.3) is 0 Å². The summed E-state index contributed by atoms with van der Waals surface area (Å²) in [6.45, 7) is 2.15. The first-order valence-corrected chi connectivity index (χ1v) is 10.4. The quantitative estimate of drug-likeness (QED) is 0.686. The zero-order chi connectivity index (χ0) is 21.4. The van der Waals surface area contributed by atoms with Gasteiger partial charge in [0.2, 0.25) is 5.75 Å². The SMILES string of the molecule is COc1ccc(C2CC(O)CN(c3ncnc4c5c(c(OC)cc34)OCCO5)C2)cc1. The molecule has 1 fully saturated rings. The molecule has 5 rings (SSSR count). The molecule has 1 aromatic heterocycles. The summed E-state index contributed by atoms with van der Waals surface area (Å²) < 4.78 is 22.5. The minimum absolute atomic E-state index is 0.166. The molecule has 2 aliphatic rings. The van der Waals surface area contributed by atoms with Crippen LogP contribution in [-0.4, -0.2) is 61.7 Å². The van der Waals surface area contributed by atoms with Crippen LogP contribution in [0.25, 0.3) is 10.9 Å². The van der Waals surface area contributed by atoms with Gasteiger partial charge in [-0.05, 0) is 30.2 Å². The van der Waals surface area contributed by atoms with Crippen LogP contribution in [0.15, 0.2) is 36.7 Å². The molecule has 0 bridgehead atoms. The Morgan fingerprint density at radius 1 is 1.00 bits per heavy atom. The maximum Gasteiger partial charge on any atom is 0.206 e. The van der Waals surface area contributed by atoms with Crippen molar-refractivity contribution >= 4 is 16.7 Å². The zero-order valence-electron chi connectivity index (χ0n) is 17.6. The van der Waals surface area contributed by atoms with Crippen LogP contribution in [0.1, 0.15) is 17.9 Å². The molecule has 3 aromatic rings. The van der Waals surface area contributed by atoms with Crippen LogP contribution < -0.4 is 23.8 Å². The third-order valence-corrected chi connectivity index (χ3v) is 5.89. The van der Waals surface area contributed by atoms with E-state index in [0.717, 1.165) is 29.1 Å². The molecule has 8 nitrogen and oxygen atoms in total. The second-order valence-corrected chi connectivity index (χ2v) is 7.79. The Bertz CT molecular complexity index is 1090. The first-order valence-electron chi connectivity index (χ1n) is 10.4. The van der Waals surface area contributed by atoms with Gasteiger partial charge in [0, 0.05) is 19.0 Å². The van der Waals surface area contributed by atoms with Gasteiger partial charge in [-0.2, -0.15) is 0 Å². The summed E-state index contributed by atoms with van der Waals surface area (Å²) in [6.07, 6.45) is 1.76. The Hall–Kier alpha value is -3.26. The highest BCUT2D eigenvalue weighted by atomic mass is 16.6. The number of rotatable bonds is 4. The largest absolute Gasteiger partial charge is 0.497 e. The van der Waals surface area contributed by atoms with E-state index < -0.39 is 6.10 Å². The van der Waals surface area contributed by atoms with E-state index in [9.17, 15) is 5.11 Å². The number of anilines is 1. The van der Waals surface area contributed by atoms with Crippen LogP contribution in [0, 0.1) is 0 Å². The lowest BCUT2D eigenvalue weighted by atomic mass is 9.89. The Kier molecular flexibility index (Phi) is 5.15. The summed E-state index contributed by atoms with van der Waals surface area (Å²) >= 11 is 0. The van der Waals surface area contributed by atoms with Gasteiger partial charge in [0.1, 0.15) is 36.6 Å². The van der Waals surface area contributed by atoms with Gasteiger partial charge in [0.15, 0.2) is 11.5 Å². The van der Waals surface area contributed by atoms with Crippen LogP contribution in [0.4, 0.5) is 5.82 Å². The van der Waals surface area contributed by atoms with E-state index in [2.05, 4.69) is 27.0 Å². The molecule has 1 N–H and O–H groups in total. The molecule has 2 atom stereocenters. The lowest BCUT2D eigenvalue weighted by Crippen LogP contribution is -2.42. The van der Waals surface area contributed by atoms with E-state index in [4.69, 9.17) is 18.9 Å². The summed E-state index contributed by atoms with van der Waals surface area (Å²) in [5, 5.41) is 11.5. The number of ether oxygens (including phenoxy) is 4. The number of fused-ring (bicyclic) bond motifs is 3. The fraction of sp³-hybridized carbons (Fsp3) is 0.391. The van der Waals surface area contributed by atoms with E-state index in [1.54, 1.807) is 14.2 Å². The van der Waals surface area contributed by atoms with Gasteiger partial charge in [-0.15, -0.1) is 0 Å². The molecule has 0 aliphatic carbocycles. The summed E-state index contributed by atoms with van der Waals surface area (Å²) in [5.41, 5.74) is 1.84. The average Bonchev–Trinajstić information content (AvgIpc) is 2.82. The van der Waals surface area contributed by atoms with Crippen LogP contribution in [-0.2, 0) is 0 Å². The van der Waals surface area contributed by atoms with Crippen molar-refractivity contribution in [3.8, 4) is 23.0 Å². The number of benzene rings is 2. The van der Waals surface area contributed by atoms with E-state index in [0.29, 0.717) is 48.9 Å². The van der Waals surface area contributed by atoms with E-state index in [1.165, 1.54) is 6.33 Å². The van der Waals surface area contributed by atoms with Crippen molar-refractivity contribution in [1.29, 1.82) is 0 Å². The van der Waals surface area contributed by atoms with Gasteiger partial charge < -0.3 is 29.0 Å². The lowest BCUT2D eigenvalue weighted by Gasteiger charge is -2.37. The molecule has 3 heterocycles. The fourth-order valence-corrected chi connectivity index (χ4v) is 4.44. The molecule has 2 aromatic carbocycles. The summed E-state index contributed by atoms with van der Waals surface area (Å²) in [6, 6.07) is 9.91. The third kappa shape index (κ3) is 3.57. The number of nitrogens with zero attached hydrogens (tertiary/aromatic N) is 3. The lowest BCUT2D eigenvalue weighted by molar-refractivity contribution is 0.144. The normalized spacial score (nSPS) is 20.5. The molecule has 31 heavy (non-hydrogen) atoms. The second-order valence-electron chi connectivity index (χ2n) is 7.79. The summed E-state index contributed by atoms with van der Waals surface area (Å²) in [4.78, 5) is 11.2. The Morgan fingerprint density at radius 3 is 2.52 bits per heavy atom.